The molecular formula is C24H29N3O4S2. The number of carbonyl (C=O) groups excluding carboxylic acids is 2. The molecule has 0 atom stereocenters. The third kappa shape index (κ3) is 4.21. The van der Waals surface area contributed by atoms with Crippen LogP contribution in [0.25, 0.3) is 0 Å². The van der Waals surface area contributed by atoms with Gasteiger partial charge in [-0.3, -0.25) is 14.4 Å². The summed E-state index contributed by atoms with van der Waals surface area (Å²) in [5, 5.41) is 2.14. The van der Waals surface area contributed by atoms with Gasteiger partial charge in [0.1, 0.15) is 11.3 Å². The predicted octanol–water partition coefficient (Wildman–Crippen LogP) is 2.68. The number of pyridine rings is 1. The Labute approximate surface area is 201 Å². The third-order valence-corrected chi connectivity index (χ3v) is 8.91. The number of aryl methyl sites for hydroxylation is 1. The molecule has 0 saturated carbocycles. The normalized spacial score (nSPS) is 18.3. The van der Waals surface area contributed by atoms with E-state index in [4.69, 9.17) is 4.74 Å². The number of hydrogen-bond donors (Lipinski definition) is 0. The second-order valence-electron chi connectivity index (χ2n) is 8.75. The van der Waals surface area contributed by atoms with Crippen molar-refractivity contribution in [3.05, 3.63) is 49.1 Å². The van der Waals surface area contributed by atoms with Gasteiger partial charge in [0.05, 0.1) is 12.0 Å². The van der Waals surface area contributed by atoms with Crippen molar-refractivity contribution in [3.8, 4) is 5.75 Å². The number of aromatic nitrogens is 1. The van der Waals surface area contributed by atoms with Crippen molar-refractivity contribution in [3.63, 3.8) is 0 Å². The molecule has 5 rings (SSSR count). The zero-order valence-corrected chi connectivity index (χ0v) is 20.6. The molecule has 1 aliphatic carbocycles. The fourth-order valence-electron chi connectivity index (χ4n) is 5.11. The van der Waals surface area contributed by atoms with Gasteiger partial charge in [-0.2, -0.15) is 11.8 Å². The van der Waals surface area contributed by atoms with E-state index in [0.717, 1.165) is 35.6 Å². The smallest absolute Gasteiger partial charge is 0.264 e. The Kier molecular flexibility index (Phi) is 6.51. The minimum atomic E-state index is -0.185. The molecule has 0 N–H and O–H groups in total. The zero-order chi connectivity index (χ0) is 22.9. The summed E-state index contributed by atoms with van der Waals surface area (Å²) in [5.74, 6) is 2.13. The van der Waals surface area contributed by atoms with Crippen LogP contribution in [-0.4, -0.2) is 71.0 Å². The maximum absolute atomic E-state index is 13.5. The summed E-state index contributed by atoms with van der Waals surface area (Å²) in [6, 6.07) is 1.42. The topological polar surface area (TPSA) is 71.8 Å². The highest BCUT2D eigenvalue weighted by Crippen LogP contribution is 2.31. The van der Waals surface area contributed by atoms with E-state index in [0.29, 0.717) is 56.2 Å². The molecule has 0 aromatic carbocycles. The molecule has 2 amide bonds. The Hall–Kier alpha value is -2.26. The molecule has 33 heavy (non-hydrogen) atoms. The van der Waals surface area contributed by atoms with Crippen LogP contribution in [0.4, 0.5) is 0 Å². The summed E-state index contributed by atoms with van der Waals surface area (Å²) in [7, 11) is 1.50. The lowest BCUT2D eigenvalue weighted by Crippen LogP contribution is -2.39. The number of nitrogens with zero attached hydrogens (tertiary/aromatic N) is 3. The largest absolute Gasteiger partial charge is 0.496 e. The molecule has 2 aromatic rings. The number of amides is 2. The quantitative estimate of drug-likeness (QED) is 0.666. The third-order valence-electron chi connectivity index (χ3n) is 6.91. The van der Waals surface area contributed by atoms with Crippen molar-refractivity contribution < 1.29 is 14.3 Å². The summed E-state index contributed by atoms with van der Waals surface area (Å²) in [6.45, 7) is 2.71. The van der Waals surface area contributed by atoms with Gasteiger partial charge in [-0.15, -0.1) is 11.3 Å². The maximum Gasteiger partial charge on any atom is 0.264 e. The molecule has 0 unspecified atom stereocenters. The van der Waals surface area contributed by atoms with Crippen molar-refractivity contribution in [2.75, 3.05) is 44.8 Å². The highest BCUT2D eigenvalue weighted by Gasteiger charge is 2.31. The van der Waals surface area contributed by atoms with E-state index in [9.17, 15) is 14.4 Å². The molecule has 2 aliphatic heterocycles. The van der Waals surface area contributed by atoms with Crippen molar-refractivity contribution in [1.29, 1.82) is 0 Å². The minimum Gasteiger partial charge on any atom is -0.496 e. The highest BCUT2D eigenvalue weighted by molar-refractivity contribution is 7.99. The molecule has 1 saturated heterocycles. The number of fused-ring (bicyclic) bond motifs is 2. The summed E-state index contributed by atoms with van der Waals surface area (Å²) in [4.78, 5) is 44.4. The zero-order valence-electron chi connectivity index (χ0n) is 18.9. The average Bonchev–Trinajstić information content (AvgIpc) is 3.15. The summed E-state index contributed by atoms with van der Waals surface area (Å²) < 4.78 is 7.17. The lowest BCUT2D eigenvalue weighted by molar-refractivity contribution is 0.0759. The standard InChI is InChI=1S/C24H29N3O4S2/c1-31-19-14-20(28)27-9-8-25(24(30)22-17-5-3-2-4-16(17)15-33-22)7-6-18(27)21(19)23(29)26-10-12-32-13-11-26/h14-15H,2-13H2,1H3. The number of thiophene rings is 1. The van der Waals surface area contributed by atoms with Gasteiger partial charge in [0.25, 0.3) is 17.4 Å². The number of methoxy groups -OCH3 is 1. The maximum atomic E-state index is 13.5. The van der Waals surface area contributed by atoms with Crippen LogP contribution in [0.2, 0.25) is 0 Å². The first-order chi connectivity index (χ1) is 16.1. The summed E-state index contributed by atoms with van der Waals surface area (Å²) >= 11 is 3.40. The monoisotopic (exact) mass is 487 g/mol. The molecule has 0 bridgehead atoms. The van der Waals surface area contributed by atoms with Gasteiger partial charge in [-0.25, -0.2) is 0 Å². The Bertz CT molecular complexity index is 1130. The van der Waals surface area contributed by atoms with Gasteiger partial charge < -0.3 is 19.1 Å². The molecule has 1 fully saturated rings. The Morgan fingerprint density at radius 3 is 2.48 bits per heavy atom. The number of carbonyl (C=O) groups is 2. The second-order valence-corrected chi connectivity index (χ2v) is 10.9. The number of thioether (sulfide) groups is 1. The highest BCUT2D eigenvalue weighted by atomic mass is 32.2. The SMILES string of the molecule is COc1cc(=O)n2c(c1C(=O)N1CCSCC1)CCN(C(=O)c1scc3c1CCCC3)CC2. The fraction of sp³-hybridized carbons (Fsp3) is 0.542. The van der Waals surface area contributed by atoms with Crippen molar-refractivity contribution >= 4 is 34.9 Å². The van der Waals surface area contributed by atoms with Crippen molar-refractivity contribution in [2.45, 2.75) is 38.6 Å². The second kappa shape index (κ2) is 9.54. The minimum absolute atomic E-state index is 0.0527. The molecular weight excluding hydrogens is 458 g/mol. The lowest BCUT2D eigenvalue weighted by atomic mass is 9.93. The van der Waals surface area contributed by atoms with Crippen LogP contribution in [-0.2, 0) is 25.8 Å². The van der Waals surface area contributed by atoms with Crippen LogP contribution < -0.4 is 10.3 Å². The molecule has 7 nitrogen and oxygen atoms in total. The average molecular weight is 488 g/mol. The molecule has 3 aliphatic rings. The Morgan fingerprint density at radius 2 is 1.70 bits per heavy atom. The fourth-order valence-corrected chi connectivity index (χ4v) is 7.14. The van der Waals surface area contributed by atoms with E-state index >= 15 is 0 Å². The molecule has 176 valence electrons. The van der Waals surface area contributed by atoms with Crippen LogP contribution in [0, 0.1) is 0 Å². The van der Waals surface area contributed by atoms with Crippen LogP contribution in [0.3, 0.4) is 0 Å². The number of hydrogen-bond acceptors (Lipinski definition) is 6. The van der Waals surface area contributed by atoms with Crippen molar-refractivity contribution in [2.24, 2.45) is 0 Å². The first kappa shape index (κ1) is 22.5. The summed E-state index contributed by atoms with van der Waals surface area (Å²) in [5.41, 5.74) is 3.52. The van der Waals surface area contributed by atoms with E-state index in [1.54, 1.807) is 15.9 Å². The van der Waals surface area contributed by atoms with Gasteiger partial charge in [0, 0.05) is 62.4 Å². The van der Waals surface area contributed by atoms with E-state index in [2.05, 4.69) is 5.38 Å². The van der Waals surface area contributed by atoms with Gasteiger partial charge in [0.15, 0.2) is 0 Å². The van der Waals surface area contributed by atoms with E-state index in [1.807, 2.05) is 21.6 Å². The van der Waals surface area contributed by atoms with Gasteiger partial charge in [0.2, 0.25) is 0 Å². The number of rotatable bonds is 3. The Morgan fingerprint density at radius 1 is 0.939 bits per heavy atom. The van der Waals surface area contributed by atoms with Crippen LogP contribution in [0.1, 0.15) is 49.7 Å². The van der Waals surface area contributed by atoms with E-state index < -0.39 is 0 Å². The molecule has 0 spiro atoms. The van der Waals surface area contributed by atoms with E-state index in [-0.39, 0.29) is 17.4 Å². The Balaban J connectivity index is 1.45. The first-order valence-electron chi connectivity index (χ1n) is 11.6. The van der Waals surface area contributed by atoms with Gasteiger partial charge >= 0.3 is 0 Å². The van der Waals surface area contributed by atoms with Gasteiger partial charge in [-0.1, -0.05) is 0 Å². The molecule has 2 aromatic heterocycles. The number of ether oxygens (including phenoxy) is 1. The molecule has 4 heterocycles. The molecule has 9 heteroatoms. The van der Waals surface area contributed by atoms with Crippen LogP contribution in [0.15, 0.2) is 16.2 Å². The molecule has 0 radical (unpaired) electrons. The van der Waals surface area contributed by atoms with E-state index in [1.165, 1.54) is 30.7 Å². The first-order valence-corrected chi connectivity index (χ1v) is 13.7. The lowest BCUT2D eigenvalue weighted by Gasteiger charge is -2.28. The van der Waals surface area contributed by atoms with Crippen LogP contribution in [0.5, 0.6) is 5.75 Å². The summed E-state index contributed by atoms with van der Waals surface area (Å²) in [6.07, 6.45) is 4.80. The van der Waals surface area contributed by atoms with Crippen molar-refractivity contribution in [1.82, 2.24) is 14.4 Å². The van der Waals surface area contributed by atoms with Gasteiger partial charge in [-0.05, 0) is 42.2 Å². The predicted molar refractivity (Wildman–Crippen MR) is 131 cm³/mol. The van der Waals surface area contributed by atoms with Crippen LogP contribution >= 0.6 is 23.1 Å².